The Kier molecular flexibility index (Phi) is 3.59. The van der Waals surface area contributed by atoms with Crippen molar-refractivity contribution in [2.75, 3.05) is 0 Å². The van der Waals surface area contributed by atoms with Gasteiger partial charge in [-0.25, -0.2) is 0 Å². The Labute approximate surface area is 97.5 Å². The third-order valence-corrected chi connectivity index (χ3v) is 3.75. The molecule has 0 bridgehead atoms. The lowest BCUT2D eigenvalue weighted by atomic mass is 9.99. The molecule has 0 radical (unpaired) electrons. The normalized spacial score (nSPS) is 21.2. The molecule has 1 aliphatic rings. The topological polar surface area (TPSA) is 42.7 Å². The van der Waals surface area contributed by atoms with Gasteiger partial charge in [-0.2, -0.15) is 0 Å². The van der Waals surface area contributed by atoms with Crippen LogP contribution in [0.3, 0.4) is 0 Å². The van der Waals surface area contributed by atoms with E-state index in [2.05, 4.69) is 29.4 Å². The Morgan fingerprint density at radius 3 is 2.62 bits per heavy atom. The lowest BCUT2D eigenvalue weighted by molar-refractivity contribution is 0.344. The summed E-state index contributed by atoms with van der Waals surface area (Å²) in [6.45, 7) is 4.46. The molecule has 2 unspecified atom stereocenters. The number of nitrogens with zero attached hydrogens (tertiary/aromatic N) is 3. The van der Waals surface area contributed by atoms with E-state index in [1.807, 2.05) is 11.6 Å². The van der Waals surface area contributed by atoms with Gasteiger partial charge in [0.1, 0.15) is 12.2 Å². The molecule has 90 valence electrons. The zero-order chi connectivity index (χ0) is 11.5. The number of aryl methyl sites for hydroxylation is 1. The molecule has 1 fully saturated rings. The first-order valence-corrected chi connectivity index (χ1v) is 6.28. The van der Waals surface area contributed by atoms with E-state index in [9.17, 15) is 0 Å². The van der Waals surface area contributed by atoms with Crippen molar-refractivity contribution >= 4 is 0 Å². The minimum Gasteiger partial charge on any atom is -0.319 e. The van der Waals surface area contributed by atoms with Crippen molar-refractivity contribution in [3.8, 4) is 0 Å². The highest BCUT2D eigenvalue weighted by Crippen LogP contribution is 2.28. The maximum absolute atomic E-state index is 4.15. The van der Waals surface area contributed by atoms with E-state index < -0.39 is 0 Å². The minimum absolute atomic E-state index is 0.281. The molecule has 1 N–H and O–H groups in total. The first kappa shape index (κ1) is 11.6. The van der Waals surface area contributed by atoms with Gasteiger partial charge in [0.15, 0.2) is 0 Å². The van der Waals surface area contributed by atoms with Crippen molar-refractivity contribution < 1.29 is 0 Å². The highest BCUT2D eigenvalue weighted by molar-refractivity contribution is 4.93. The monoisotopic (exact) mass is 222 g/mol. The molecule has 1 saturated carbocycles. The van der Waals surface area contributed by atoms with Crippen LogP contribution in [0.5, 0.6) is 0 Å². The lowest BCUT2D eigenvalue weighted by Gasteiger charge is -2.24. The summed E-state index contributed by atoms with van der Waals surface area (Å²) in [7, 11) is 1.99. The fraction of sp³-hybridized carbons (Fsp3) is 0.833. The van der Waals surface area contributed by atoms with Crippen LogP contribution in [-0.4, -0.2) is 20.8 Å². The van der Waals surface area contributed by atoms with Crippen LogP contribution in [-0.2, 0) is 7.05 Å². The van der Waals surface area contributed by atoms with Crippen molar-refractivity contribution in [2.45, 2.75) is 51.6 Å². The van der Waals surface area contributed by atoms with E-state index in [1.165, 1.54) is 25.7 Å². The summed E-state index contributed by atoms with van der Waals surface area (Å²) in [6, 6.07) is 0.859. The fourth-order valence-electron chi connectivity index (χ4n) is 2.75. The van der Waals surface area contributed by atoms with Crippen molar-refractivity contribution in [2.24, 2.45) is 13.0 Å². The van der Waals surface area contributed by atoms with Gasteiger partial charge in [0.25, 0.3) is 0 Å². The molecule has 4 heteroatoms. The molecule has 1 aliphatic carbocycles. The fourth-order valence-corrected chi connectivity index (χ4v) is 2.75. The zero-order valence-electron chi connectivity index (χ0n) is 10.5. The molecular formula is C12H22N4. The Morgan fingerprint density at radius 1 is 1.38 bits per heavy atom. The summed E-state index contributed by atoms with van der Waals surface area (Å²) in [5.74, 6) is 1.86. The number of hydrogen-bond donors (Lipinski definition) is 1. The van der Waals surface area contributed by atoms with Gasteiger partial charge in [0.2, 0.25) is 0 Å². The SMILES string of the molecule is CC(NC(C)C1CCCC1)c1nncn1C. The highest BCUT2D eigenvalue weighted by atomic mass is 15.3. The molecule has 16 heavy (non-hydrogen) atoms. The lowest BCUT2D eigenvalue weighted by Crippen LogP contribution is -2.35. The number of rotatable bonds is 4. The van der Waals surface area contributed by atoms with Crippen molar-refractivity contribution in [1.29, 1.82) is 0 Å². The predicted molar refractivity (Wildman–Crippen MR) is 64.0 cm³/mol. The Balaban J connectivity index is 1.91. The standard InChI is InChI=1S/C12H22N4/c1-9(11-6-4-5-7-11)14-10(2)12-15-13-8-16(12)3/h8-11,14H,4-7H2,1-3H3. The molecule has 0 aliphatic heterocycles. The van der Waals surface area contributed by atoms with E-state index in [1.54, 1.807) is 6.33 Å². The van der Waals surface area contributed by atoms with Gasteiger partial charge in [-0.3, -0.25) is 0 Å². The van der Waals surface area contributed by atoms with Gasteiger partial charge in [-0.05, 0) is 32.6 Å². The quantitative estimate of drug-likeness (QED) is 0.847. The van der Waals surface area contributed by atoms with Gasteiger partial charge in [-0.1, -0.05) is 12.8 Å². The first-order chi connectivity index (χ1) is 7.68. The van der Waals surface area contributed by atoms with E-state index >= 15 is 0 Å². The molecule has 0 spiro atoms. The van der Waals surface area contributed by atoms with Crippen LogP contribution in [0.2, 0.25) is 0 Å². The van der Waals surface area contributed by atoms with Crippen molar-refractivity contribution in [1.82, 2.24) is 20.1 Å². The largest absolute Gasteiger partial charge is 0.319 e. The average Bonchev–Trinajstić information content (AvgIpc) is 2.86. The third kappa shape index (κ3) is 2.43. The van der Waals surface area contributed by atoms with E-state index in [-0.39, 0.29) is 6.04 Å². The maximum atomic E-state index is 4.15. The second kappa shape index (κ2) is 4.95. The molecule has 0 aromatic carbocycles. The zero-order valence-corrected chi connectivity index (χ0v) is 10.5. The van der Waals surface area contributed by atoms with Gasteiger partial charge >= 0.3 is 0 Å². The van der Waals surface area contributed by atoms with Crippen molar-refractivity contribution in [3.63, 3.8) is 0 Å². The Hall–Kier alpha value is -0.900. The summed E-state index contributed by atoms with van der Waals surface area (Å²) >= 11 is 0. The smallest absolute Gasteiger partial charge is 0.149 e. The summed E-state index contributed by atoms with van der Waals surface area (Å²) in [5.41, 5.74) is 0. The Bertz CT molecular complexity index is 328. The second-order valence-corrected chi connectivity index (χ2v) is 5.02. The van der Waals surface area contributed by atoms with Gasteiger partial charge in [0, 0.05) is 13.1 Å². The van der Waals surface area contributed by atoms with Crippen LogP contribution in [0.1, 0.15) is 51.4 Å². The predicted octanol–water partition coefficient (Wildman–Crippen LogP) is 2.04. The molecule has 2 rings (SSSR count). The molecular weight excluding hydrogens is 200 g/mol. The maximum Gasteiger partial charge on any atom is 0.149 e. The van der Waals surface area contributed by atoms with Crippen LogP contribution in [0.25, 0.3) is 0 Å². The van der Waals surface area contributed by atoms with Gasteiger partial charge in [0.05, 0.1) is 6.04 Å². The highest BCUT2D eigenvalue weighted by Gasteiger charge is 2.23. The molecule has 1 aromatic heterocycles. The minimum atomic E-state index is 0.281. The Morgan fingerprint density at radius 2 is 2.06 bits per heavy atom. The molecule has 2 atom stereocenters. The van der Waals surface area contributed by atoms with E-state index in [0.29, 0.717) is 6.04 Å². The summed E-state index contributed by atoms with van der Waals surface area (Å²) in [4.78, 5) is 0. The average molecular weight is 222 g/mol. The van der Waals surface area contributed by atoms with Gasteiger partial charge < -0.3 is 9.88 Å². The van der Waals surface area contributed by atoms with E-state index in [0.717, 1.165) is 11.7 Å². The van der Waals surface area contributed by atoms with Crippen LogP contribution in [0.4, 0.5) is 0 Å². The van der Waals surface area contributed by atoms with Crippen LogP contribution >= 0.6 is 0 Å². The molecule has 1 heterocycles. The molecule has 4 nitrogen and oxygen atoms in total. The molecule has 0 amide bonds. The van der Waals surface area contributed by atoms with E-state index in [4.69, 9.17) is 0 Å². The number of aromatic nitrogens is 3. The van der Waals surface area contributed by atoms with Crippen molar-refractivity contribution in [3.05, 3.63) is 12.2 Å². The van der Waals surface area contributed by atoms with Crippen LogP contribution < -0.4 is 5.32 Å². The third-order valence-electron chi connectivity index (χ3n) is 3.75. The van der Waals surface area contributed by atoms with Gasteiger partial charge in [-0.15, -0.1) is 10.2 Å². The number of nitrogens with one attached hydrogen (secondary N) is 1. The molecule has 1 aromatic rings. The summed E-state index contributed by atoms with van der Waals surface area (Å²) in [5, 5.41) is 11.7. The number of hydrogen-bond acceptors (Lipinski definition) is 3. The second-order valence-electron chi connectivity index (χ2n) is 5.02. The summed E-state index contributed by atoms with van der Waals surface area (Å²) < 4.78 is 1.99. The first-order valence-electron chi connectivity index (χ1n) is 6.28. The van der Waals surface area contributed by atoms with Crippen LogP contribution in [0.15, 0.2) is 6.33 Å². The van der Waals surface area contributed by atoms with Crippen LogP contribution in [0, 0.1) is 5.92 Å². The molecule has 0 saturated heterocycles. The summed E-state index contributed by atoms with van der Waals surface area (Å²) in [6.07, 6.45) is 7.30.